The van der Waals surface area contributed by atoms with Crippen molar-refractivity contribution in [2.75, 3.05) is 30.0 Å². The molecule has 0 atom stereocenters. The number of amides is 1. The molecule has 0 aromatic heterocycles. The van der Waals surface area contributed by atoms with E-state index in [9.17, 15) is 13.2 Å². The van der Waals surface area contributed by atoms with Crippen LogP contribution in [0.1, 0.15) is 6.92 Å². The largest absolute Gasteiger partial charge is 0.397 e. The molecule has 1 aromatic carbocycles. The van der Waals surface area contributed by atoms with Crippen molar-refractivity contribution in [3.05, 3.63) is 18.2 Å². The van der Waals surface area contributed by atoms with Crippen molar-refractivity contribution in [1.82, 2.24) is 0 Å². The quantitative estimate of drug-likeness (QED) is 0.732. The van der Waals surface area contributed by atoms with E-state index in [0.717, 1.165) is 6.26 Å². The Morgan fingerprint density at radius 1 is 1.39 bits per heavy atom. The Hall–Kier alpha value is -1.76. The van der Waals surface area contributed by atoms with Crippen LogP contribution < -0.4 is 16.4 Å². The molecule has 6 nitrogen and oxygen atoms in total. The molecule has 7 heteroatoms. The summed E-state index contributed by atoms with van der Waals surface area (Å²) in [6, 6.07) is 4.43. The number of anilines is 2. The molecular weight excluding hydrogens is 254 g/mol. The highest BCUT2D eigenvalue weighted by atomic mass is 32.2. The smallest absolute Gasteiger partial charge is 0.236 e. The normalized spacial score (nSPS) is 11.2. The van der Waals surface area contributed by atoms with Crippen LogP contribution in [0.2, 0.25) is 0 Å². The van der Waals surface area contributed by atoms with Gasteiger partial charge in [0.25, 0.3) is 0 Å². The van der Waals surface area contributed by atoms with Gasteiger partial charge in [0.05, 0.1) is 22.8 Å². The van der Waals surface area contributed by atoms with Crippen LogP contribution in [0.25, 0.3) is 0 Å². The molecule has 0 fully saturated rings. The summed E-state index contributed by atoms with van der Waals surface area (Å²) in [5.74, 6) is -0.469. The Kier molecular flexibility index (Phi) is 4.18. The Morgan fingerprint density at radius 3 is 2.39 bits per heavy atom. The van der Waals surface area contributed by atoms with Crippen LogP contribution in [-0.2, 0) is 14.6 Å². The average Bonchev–Trinajstić information content (AvgIpc) is 2.24. The maximum Gasteiger partial charge on any atom is 0.236 e. The molecule has 1 amide bonds. The molecule has 1 aromatic rings. The number of hydrogen-bond acceptors (Lipinski definition) is 5. The molecule has 0 bridgehead atoms. The molecular formula is C11H17N3O3S. The van der Waals surface area contributed by atoms with E-state index in [-0.39, 0.29) is 11.4 Å². The van der Waals surface area contributed by atoms with Crippen molar-refractivity contribution < 1.29 is 13.2 Å². The van der Waals surface area contributed by atoms with Crippen molar-refractivity contribution in [1.29, 1.82) is 0 Å². The number of sulfone groups is 1. The SMILES string of the molecule is CCN(CC(N)=O)c1ccc(S(C)(=O)=O)cc1N. The average molecular weight is 271 g/mol. The molecule has 0 saturated heterocycles. The highest BCUT2D eigenvalue weighted by Crippen LogP contribution is 2.26. The van der Waals surface area contributed by atoms with Crippen LogP contribution in [-0.4, -0.2) is 33.7 Å². The fourth-order valence-electron chi connectivity index (χ4n) is 1.61. The van der Waals surface area contributed by atoms with Crippen LogP contribution in [0.15, 0.2) is 23.1 Å². The van der Waals surface area contributed by atoms with E-state index in [1.807, 2.05) is 6.92 Å². The van der Waals surface area contributed by atoms with Gasteiger partial charge in [-0.25, -0.2) is 8.42 Å². The highest BCUT2D eigenvalue weighted by Gasteiger charge is 2.14. The number of primary amides is 1. The third kappa shape index (κ3) is 3.36. The van der Waals surface area contributed by atoms with E-state index >= 15 is 0 Å². The predicted octanol–water partition coefficient (Wildman–Crippen LogP) is -0.0161. The first-order valence-electron chi connectivity index (χ1n) is 5.38. The number of nitrogens with zero attached hydrogens (tertiary/aromatic N) is 1. The number of carbonyl (C=O) groups excluding carboxylic acids is 1. The summed E-state index contributed by atoms with van der Waals surface area (Å²) in [6.45, 7) is 2.44. The minimum Gasteiger partial charge on any atom is -0.397 e. The third-order valence-electron chi connectivity index (χ3n) is 2.50. The second kappa shape index (κ2) is 5.26. The minimum absolute atomic E-state index is 0.0406. The Bertz CT molecular complexity index is 555. The van der Waals surface area contributed by atoms with E-state index in [0.29, 0.717) is 17.9 Å². The Labute approximate surface area is 106 Å². The summed E-state index contributed by atoms with van der Waals surface area (Å²) < 4.78 is 22.7. The minimum atomic E-state index is -3.29. The van der Waals surface area contributed by atoms with Gasteiger partial charge in [-0.1, -0.05) is 0 Å². The molecule has 0 radical (unpaired) electrons. The molecule has 0 spiro atoms. The van der Waals surface area contributed by atoms with Gasteiger partial charge in [0, 0.05) is 12.8 Å². The summed E-state index contributed by atoms with van der Waals surface area (Å²) in [6.07, 6.45) is 1.11. The van der Waals surface area contributed by atoms with Gasteiger partial charge in [-0.15, -0.1) is 0 Å². The van der Waals surface area contributed by atoms with Gasteiger partial charge < -0.3 is 16.4 Å². The van der Waals surface area contributed by atoms with Gasteiger partial charge in [-0.05, 0) is 25.1 Å². The molecule has 18 heavy (non-hydrogen) atoms. The molecule has 0 aliphatic heterocycles. The van der Waals surface area contributed by atoms with Crippen molar-refractivity contribution in [2.45, 2.75) is 11.8 Å². The van der Waals surface area contributed by atoms with Crippen LogP contribution in [0.4, 0.5) is 11.4 Å². The second-order valence-electron chi connectivity index (χ2n) is 3.97. The van der Waals surface area contributed by atoms with Crippen molar-refractivity contribution >= 4 is 27.1 Å². The lowest BCUT2D eigenvalue weighted by Gasteiger charge is -2.23. The predicted molar refractivity (Wildman–Crippen MR) is 71.0 cm³/mol. The van der Waals surface area contributed by atoms with Crippen molar-refractivity contribution in [3.63, 3.8) is 0 Å². The topological polar surface area (TPSA) is 106 Å². The molecule has 100 valence electrons. The maximum atomic E-state index is 11.4. The van der Waals surface area contributed by atoms with E-state index in [4.69, 9.17) is 11.5 Å². The van der Waals surface area contributed by atoms with Crippen LogP contribution in [0, 0.1) is 0 Å². The van der Waals surface area contributed by atoms with Gasteiger partial charge in [0.15, 0.2) is 9.84 Å². The van der Waals surface area contributed by atoms with Gasteiger partial charge in [-0.3, -0.25) is 4.79 Å². The Balaban J connectivity index is 3.15. The number of benzene rings is 1. The summed E-state index contributed by atoms with van der Waals surface area (Å²) in [7, 11) is -3.29. The number of nitrogens with two attached hydrogens (primary N) is 2. The van der Waals surface area contributed by atoms with Crippen LogP contribution in [0.3, 0.4) is 0 Å². The van der Waals surface area contributed by atoms with Gasteiger partial charge in [-0.2, -0.15) is 0 Å². The summed E-state index contributed by atoms with van der Waals surface area (Å²) >= 11 is 0. The fraction of sp³-hybridized carbons (Fsp3) is 0.364. The second-order valence-corrected chi connectivity index (χ2v) is 5.99. The lowest BCUT2D eigenvalue weighted by atomic mass is 10.2. The zero-order valence-electron chi connectivity index (χ0n) is 10.4. The molecule has 0 saturated carbocycles. The standard InChI is InChI=1S/C11H17N3O3S/c1-3-14(7-11(13)15)10-5-4-8(6-9(10)12)18(2,16)17/h4-6H,3,7,12H2,1-2H3,(H2,13,15). The van der Waals surface area contributed by atoms with Crippen molar-refractivity contribution in [3.8, 4) is 0 Å². The van der Waals surface area contributed by atoms with Gasteiger partial charge >= 0.3 is 0 Å². The van der Waals surface area contributed by atoms with Gasteiger partial charge in [0.1, 0.15) is 0 Å². The van der Waals surface area contributed by atoms with Crippen LogP contribution in [0.5, 0.6) is 0 Å². The third-order valence-corrected chi connectivity index (χ3v) is 3.61. The van der Waals surface area contributed by atoms with Gasteiger partial charge in [0.2, 0.25) is 5.91 Å². The summed E-state index contributed by atoms with van der Waals surface area (Å²) in [5, 5.41) is 0. The van der Waals surface area contributed by atoms with E-state index < -0.39 is 15.7 Å². The molecule has 0 heterocycles. The van der Waals surface area contributed by atoms with Crippen molar-refractivity contribution in [2.24, 2.45) is 5.73 Å². The summed E-state index contributed by atoms with van der Waals surface area (Å²) in [4.78, 5) is 12.8. The lowest BCUT2D eigenvalue weighted by molar-refractivity contribution is -0.116. The van der Waals surface area contributed by atoms with Crippen LogP contribution >= 0.6 is 0 Å². The molecule has 0 aliphatic rings. The first kappa shape index (κ1) is 14.3. The zero-order valence-corrected chi connectivity index (χ0v) is 11.2. The maximum absolute atomic E-state index is 11.4. The Morgan fingerprint density at radius 2 is 2.00 bits per heavy atom. The first-order chi connectivity index (χ1) is 8.25. The van der Waals surface area contributed by atoms with E-state index in [1.54, 1.807) is 11.0 Å². The van der Waals surface area contributed by atoms with E-state index in [1.165, 1.54) is 12.1 Å². The summed E-state index contributed by atoms with van der Waals surface area (Å²) in [5.41, 5.74) is 11.9. The molecule has 4 N–H and O–H groups in total. The molecule has 1 rings (SSSR count). The monoisotopic (exact) mass is 271 g/mol. The number of hydrogen-bond donors (Lipinski definition) is 2. The number of rotatable bonds is 5. The number of likely N-dealkylation sites (N-methyl/N-ethyl adjacent to an activating group) is 1. The highest BCUT2D eigenvalue weighted by molar-refractivity contribution is 7.90. The molecule has 0 aliphatic carbocycles. The lowest BCUT2D eigenvalue weighted by Crippen LogP contribution is -2.34. The number of nitrogen functional groups attached to an aromatic ring is 1. The zero-order chi connectivity index (χ0) is 13.9. The number of carbonyl (C=O) groups is 1. The fourth-order valence-corrected chi connectivity index (χ4v) is 2.26. The first-order valence-corrected chi connectivity index (χ1v) is 7.27. The molecule has 0 unspecified atom stereocenters. The van der Waals surface area contributed by atoms with E-state index in [2.05, 4.69) is 0 Å².